The highest BCUT2D eigenvalue weighted by Crippen LogP contribution is 2.23. The summed E-state index contributed by atoms with van der Waals surface area (Å²) >= 11 is 0. The lowest BCUT2D eigenvalue weighted by molar-refractivity contribution is -0.136. The van der Waals surface area contributed by atoms with Gasteiger partial charge >= 0.3 is 0 Å². The van der Waals surface area contributed by atoms with Crippen molar-refractivity contribution in [2.24, 2.45) is 11.8 Å². The Kier molecular flexibility index (Phi) is 5.74. The van der Waals surface area contributed by atoms with E-state index in [0.29, 0.717) is 23.8 Å². The molecule has 1 amide bonds. The number of nitrogens with one attached hydrogen (secondary N) is 1. The molecule has 2 aliphatic heterocycles. The Bertz CT molecular complexity index is 254. The quantitative estimate of drug-likeness (QED) is 0.824. The molecular weight excluding hydrogens is 236 g/mol. The predicted molar refractivity (Wildman–Crippen MR) is 72.4 cm³/mol. The van der Waals surface area contributed by atoms with E-state index in [9.17, 15) is 4.79 Å². The smallest absolute Gasteiger partial charge is 0.223 e. The number of hydrogen-bond acceptors (Lipinski definition) is 2. The van der Waals surface area contributed by atoms with Crippen LogP contribution in [-0.4, -0.2) is 36.5 Å². The van der Waals surface area contributed by atoms with Gasteiger partial charge in [0.25, 0.3) is 0 Å². The molecule has 1 N–H and O–H groups in total. The summed E-state index contributed by atoms with van der Waals surface area (Å²) in [6.45, 7) is 7.54. The number of hydrogen-bond donors (Lipinski definition) is 1. The molecule has 0 aliphatic carbocycles. The van der Waals surface area contributed by atoms with E-state index in [1.807, 2.05) is 0 Å². The second-order valence-electron chi connectivity index (χ2n) is 5.64. The maximum absolute atomic E-state index is 12.2. The number of halogens is 1. The van der Waals surface area contributed by atoms with Crippen LogP contribution in [0.15, 0.2) is 0 Å². The van der Waals surface area contributed by atoms with Gasteiger partial charge in [0.2, 0.25) is 5.91 Å². The van der Waals surface area contributed by atoms with Crippen molar-refractivity contribution < 1.29 is 4.79 Å². The van der Waals surface area contributed by atoms with Gasteiger partial charge < -0.3 is 10.2 Å². The van der Waals surface area contributed by atoms with E-state index in [1.165, 1.54) is 19.3 Å². The van der Waals surface area contributed by atoms with Crippen molar-refractivity contribution in [2.75, 3.05) is 19.6 Å². The summed E-state index contributed by atoms with van der Waals surface area (Å²) in [6.07, 6.45) is 4.37. The molecule has 100 valence electrons. The zero-order chi connectivity index (χ0) is 11.5. The summed E-state index contributed by atoms with van der Waals surface area (Å²) in [5.74, 6) is 1.64. The first-order valence-corrected chi connectivity index (χ1v) is 6.67. The molecule has 0 radical (unpaired) electrons. The van der Waals surface area contributed by atoms with E-state index in [0.717, 1.165) is 26.1 Å². The Labute approximate surface area is 111 Å². The molecule has 0 spiro atoms. The molecule has 2 fully saturated rings. The largest absolute Gasteiger partial charge is 0.340 e. The van der Waals surface area contributed by atoms with E-state index in [-0.39, 0.29) is 12.4 Å². The number of nitrogens with zero attached hydrogens (tertiary/aromatic N) is 1. The van der Waals surface area contributed by atoms with Crippen LogP contribution in [0.4, 0.5) is 0 Å². The fourth-order valence-corrected chi connectivity index (χ4v) is 2.89. The van der Waals surface area contributed by atoms with Crippen LogP contribution in [-0.2, 0) is 4.79 Å². The van der Waals surface area contributed by atoms with E-state index in [2.05, 4.69) is 24.1 Å². The normalized spacial score (nSPS) is 33.3. The Balaban J connectivity index is 0.00000144. The number of piperidine rings is 1. The van der Waals surface area contributed by atoms with Crippen LogP contribution in [0.2, 0.25) is 0 Å². The van der Waals surface area contributed by atoms with Crippen LogP contribution in [0.1, 0.15) is 39.5 Å². The summed E-state index contributed by atoms with van der Waals surface area (Å²) < 4.78 is 0. The maximum atomic E-state index is 12.2. The Morgan fingerprint density at radius 3 is 2.71 bits per heavy atom. The topological polar surface area (TPSA) is 32.3 Å². The molecule has 2 aliphatic rings. The van der Waals surface area contributed by atoms with Crippen LogP contribution in [0.5, 0.6) is 0 Å². The monoisotopic (exact) mass is 260 g/mol. The minimum absolute atomic E-state index is 0. The number of carbonyl (C=O) groups is 1. The van der Waals surface area contributed by atoms with Gasteiger partial charge in [-0.25, -0.2) is 0 Å². The van der Waals surface area contributed by atoms with Crippen LogP contribution >= 0.6 is 12.4 Å². The second kappa shape index (κ2) is 6.60. The molecule has 2 saturated heterocycles. The van der Waals surface area contributed by atoms with Gasteiger partial charge in [-0.15, -0.1) is 12.4 Å². The van der Waals surface area contributed by atoms with Gasteiger partial charge in [-0.05, 0) is 51.1 Å². The summed E-state index contributed by atoms with van der Waals surface area (Å²) in [5.41, 5.74) is 0. The third kappa shape index (κ3) is 3.85. The van der Waals surface area contributed by atoms with Crippen molar-refractivity contribution in [1.82, 2.24) is 10.2 Å². The van der Waals surface area contributed by atoms with Crippen LogP contribution < -0.4 is 5.32 Å². The highest BCUT2D eigenvalue weighted by atomic mass is 35.5. The molecule has 0 aromatic carbocycles. The fourth-order valence-electron chi connectivity index (χ4n) is 2.89. The lowest BCUT2D eigenvalue weighted by Crippen LogP contribution is -2.45. The average molecular weight is 261 g/mol. The first-order valence-electron chi connectivity index (χ1n) is 6.67. The summed E-state index contributed by atoms with van der Waals surface area (Å²) in [4.78, 5) is 14.3. The highest BCUT2D eigenvalue weighted by molar-refractivity contribution is 5.85. The van der Waals surface area contributed by atoms with Crippen LogP contribution in [0.3, 0.4) is 0 Å². The van der Waals surface area contributed by atoms with Crippen LogP contribution in [0.25, 0.3) is 0 Å². The Morgan fingerprint density at radius 1 is 1.29 bits per heavy atom. The van der Waals surface area contributed by atoms with Crippen molar-refractivity contribution in [2.45, 2.75) is 45.6 Å². The minimum Gasteiger partial charge on any atom is -0.340 e. The second-order valence-corrected chi connectivity index (χ2v) is 5.64. The zero-order valence-electron chi connectivity index (χ0n) is 10.9. The molecular formula is C13H25ClN2O. The number of carbonyl (C=O) groups excluding carboxylic acids is 1. The van der Waals surface area contributed by atoms with Gasteiger partial charge in [0, 0.05) is 19.0 Å². The molecule has 2 rings (SSSR count). The molecule has 3 nitrogen and oxygen atoms in total. The number of likely N-dealkylation sites (tertiary alicyclic amines) is 1. The standard InChI is InChI=1S/C13H24N2O.ClH/c1-10-3-4-11(2)15(9-10)13(16)7-12-5-6-14-8-12;/h10-12,14H,3-9H2,1-2H3;1H. The van der Waals surface area contributed by atoms with Crippen molar-refractivity contribution in [1.29, 1.82) is 0 Å². The zero-order valence-corrected chi connectivity index (χ0v) is 11.8. The van der Waals surface area contributed by atoms with Crippen molar-refractivity contribution >= 4 is 18.3 Å². The molecule has 2 heterocycles. The van der Waals surface area contributed by atoms with Crippen LogP contribution in [0, 0.1) is 11.8 Å². The van der Waals surface area contributed by atoms with E-state index in [4.69, 9.17) is 0 Å². The number of amides is 1. The lowest BCUT2D eigenvalue weighted by atomic mass is 9.93. The first-order chi connectivity index (χ1) is 7.66. The predicted octanol–water partition coefficient (Wildman–Crippen LogP) is 2.05. The maximum Gasteiger partial charge on any atom is 0.223 e. The number of rotatable bonds is 2. The van der Waals surface area contributed by atoms with Crippen molar-refractivity contribution in [3.05, 3.63) is 0 Å². The Morgan fingerprint density at radius 2 is 2.06 bits per heavy atom. The molecule has 0 aromatic rings. The molecule has 4 heteroatoms. The fraction of sp³-hybridized carbons (Fsp3) is 0.923. The molecule has 0 aromatic heterocycles. The van der Waals surface area contributed by atoms with Gasteiger partial charge in [-0.3, -0.25) is 4.79 Å². The highest BCUT2D eigenvalue weighted by Gasteiger charge is 2.28. The summed E-state index contributed by atoms with van der Waals surface area (Å²) in [6, 6.07) is 0.457. The third-order valence-corrected chi connectivity index (χ3v) is 4.06. The molecule has 3 unspecified atom stereocenters. The molecule has 0 bridgehead atoms. The summed E-state index contributed by atoms with van der Waals surface area (Å²) in [5, 5.41) is 3.33. The Hall–Kier alpha value is -0.280. The van der Waals surface area contributed by atoms with Gasteiger partial charge in [0.15, 0.2) is 0 Å². The van der Waals surface area contributed by atoms with Crippen molar-refractivity contribution in [3.8, 4) is 0 Å². The lowest BCUT2D eigenvalue weighted by Gasteiger charge is -2.37. The van der Waals surface area contributed by atoms with Gasteiger partial charge in [-0.1, -0.05) is 6.92 Å². The van der Waals surface area contributed by atoms with Gasteiger partial charge in [-0.2, -0.15) is 0 Å². The molecule has 3 atom stereocenters. The van der Waals surface area contributed by atoms with E-state index < -0.39 is 0 Å². The van der Waals surface area contributed by atoms with Crippen molar-refractivity contribution in [3.63, 3.8) is 0 Å². The third-order valence-electron chi connectivity index (χ3n) is 4.06. The first kappa shape index (κ1) is 14.8. The molecule has 17 heavy (non-hydrogen) atoms. The SMILES string of the molecule is CC1CCC(C)N(C(=O)CC2CCNC2)C1.Cl. The molecule has 0 saturated carbocycles. The average Bonchev–Trinajstić information content (AvgIpc) is 2.74. The van der Waals surface area contributed by atoms with Gasteiger partial charge in [0.1, 0.15) is 0 Å². The van der Waals surface area contributed by atoms with E-state index in [1.54, 1.807) is 0 Å². The summed E-state index contributed by atoms with van der Waals surface area (Å²) in [7, 11) is 0. The van der Waals surface area contributed by atoms with E-state index >= 15 is 0 Å². The minimum atomic E-state index is 0. The van der Waals surface area contributed by atoms with Gasteiger partial charge in [0.05, 0.1) is 0 Å².